The lowest BCUT2D eigenvalue weighted by atomic mass is 10.0. The Morgan fingerprint density at radius 2 is 2.12 bits per heavy atom. The van der Waals surface area contributed by atoms with Crippen LogP contribution in [-0.2, 0) is 11.2 Å². The molecule has 0 N–H and O–H groups in total. The van der Waals surface area contributed by atoms with E-state index in [9.17, 15) is 4.79 Å². The average Bonchev–Trinajstić information content (AvgIpc) is 3.28. The minimum absolute atomic E-state index is 0.0374. The monoisotopic (exact) mass is 351 g/mol. The SMILES string of the molecule is Cc1ccnc2nc(N3CCC[C@@H]3C(=O)CCc3ccccc3)sc12. The number of aromatic nitrogens is 2. The summed E-state index contributed by atoms with van der Waals surface area (Å²) < 4.78 is 1.12. The third-order valence-corrected chi connectivity index (χ3v) is 6.07. The number of Topliss-reactive ketones (excluding diaryl/α,β-unsaturated/α-hetero) is 1. The molecule has 1 aromatic carbocycles. The zero-order valence-corrected chi connectivity index (χ0v) is 15.1. The molecule has 0 amide bonds. The van der Waals surface area contributed by atoms with Gasteiger partial charge in [0.15, 0.2) is 16.6 Å². The molecule has 0 aliphatic carbocycles. The van der Waals surface area contributed by atoms with Crippen LogP contribution < -0.4 is 4.90 Å². The summed E-state index contributed by atoms with van der Waals surface area (Å²) in [6, 6.07) is 12.2. The molecular formula is C20H21N3OS. The first-order valence-electron chi connectivity index (χ1n) is 8.78. The number of hydrogen-bond acceptors (Lipinski definition) is 5. The van der Waals surface area contributed by atoms with Gasteiger partial charge in [-0.25, -0.2) is 4.98 Å². The molecule has 1 aliphatic rings. The molecule has 0 bridgehead atoms. The molecule has 0 unspecified atom stereocenters. The van der Waals surface area contributed by atoms with E-state index in [1.807, 2.05) is 24.3 Å². The number of aryl methyl sites for hydroxylation is 2. The summed E-state index contributed by atoms with van der Waals surface area (Å²) in [5.41, 5.74) is 3.21. The first-order valence-corrected chi connectivity index (χ1v) is 9.59. The number of pyridine rings is 1. The van der Waals surface area contributed by atoms with Gasteiger partial charge in [0.05, 0.1) is 10.7 Å². The minimum Gasteiger partial charge on any atom is -0.338 e. The van der Waals surface area contributed by atoms with Crippen molar-refractivity contribution in [2.45, 2.75) is 38.6 Å². The number of fused-ring (bicyclic) bond motifs is 1. The third kappa shape index (κ3) is 3.29. The maximum absolute atomic E-state index is 12.8. The Kier molecular flexibility index (Phi) is 4.49. The summed E-state index contributed by atoms with van der Waals surface area (Å²) in [5, 5.41) is 0.937. The van der Waals surface area contributed by atoms with E-state index < -0.39 is 0 Å². The number of rotatable bonds is 5. The molecule has 1 saturated heterocycles. The van der Waals surface area contributed by atoms with Crippen LogP contribution in [0.15, 0.2) is 42.6 Å². The Hall–Kier alpha value is -2.27. The molecule has 1 atom stereocenters. The van der Waals surface area contributed by atoms with E-state index in [4.69, 9.17) is 0 Å². The highest BCUT2D eigenvalue weighted by molar-refractivity contribution is 7.22. The molecule has 4 nitrogen and oxygen atoms in total. The standard InChI is InChI=1S/C20H21N3OS/c1-14-11-12-21-19-18(14)25-20(22-19)23-13-5-8-16(23)17(24)10-9-15-6-3-2-4-7-15/h2-4,6-7,11-12,16H,5,8-10,13H2,1H3/t16-/m1/s1. The van der Waals surface area contributed by atoms with Crippen molar-refractivity contribution in [2.24, 2.45) is 0 Å². The quantitative estimate of drug-likeness (QED) is 0.692. The first kappa shape index (κ1) is 16.2. The van der Waals surface area contributed by atoms with Crippen LogP contribution in [0.5, 0.6) is 0 Å². The largest absolute Gasteiger partial charge is 0.338 e. The zero-order chi connectivity index (χ0) is 17.2. The molecule has 0 radical (unpaired) electrons. The van der Waals surface area contributed by atoms with Crippen molar-refractivity contribution in [3.63, 3.8) is 0 Å². The lowest BCUT2D eigenvalue weighted by Gasteiger charge is -2.22. The van der Waals surface area contributed by atoms with Crippen molar-refractivity contribution < 1.29 is 4.79 Å². The Bertz CT molecular complexity index is 890. The van der Waals surface area contributed by atoms with Crippen molar-refractivity contribution in [1.29, 1.82) is 0 Å². The molecule has 0 spiro atoms. The van der Waals surface area contributed by atoms with Crippen LogP contribution in [0, 0.1) is 6.92 Å². The van der Waals surface area contributed by atoms with E-state index >= 15 is 0 Å². The smallest absolute Gasteiger partial charge is 0.188 e. The van der Waals surface area contributed by atoms with Gasteiger partial charge in [-0.15, -0.1) is 0 Å². The molecule has 128 valence electrons. The highest BCUT2D eigenvalue weighted by atomic mass is 32.1. The topological polar surface area (TPSA) is 46.1 Å². The van der Waals surface area contributed by atoms with Gasteiger partial charge in [-0.3, -0.25) is 4.79 Å². The maximum atomic E-state index is 12.8. The fraction of sp³-hybridized carbons (Fsp3) is 0.350. The van der Waals surface area contributed by atoms with Gasteiger partial charge in [-0.1, -0.05) is 41.7 Å². The van der Waals surface area contributed by atoms with Crippen LogP contribution in [0.25, 0.3) is 10.3 Å². The predicted octanol–water partition coefficient (Wildman–Crippen LogP) is 4.17. The van der Waals surface area contributed by atoms with E-state index in [1.165, 1.54) is 11.1 Å². The highest BCUT2D eigenvalue weighted by Gasteiger charge is 2.32. The predicted molar refractivity (Wildman–Crippen MR) is 102 cm³/mol. The lowest BCUT2D eigenvalue weighted by Crippen LogP contribution is -2.36. The highest BCUT2D eigenvalue weighted by Crippen LogP contribution is 2.34. The van der Waals surface area contributed by atoms with Gasteiger partial charge in [0.25, 0.3) is 0 Å². The molecule has 3 aromatic rings. The third-order valence-electron chi connectivity index (χ3n) is 4.85. The molecule has 5 heteroatoms. The molecule has 2 aromatic heterocycles. The van der Waals surface area contributed by atoms with E-state index in [0.29, 0.717) is 12.2 Å². The Morgan fingerprint density at radius 1 is 1.28 bits per heavy atom. The van der Waals surface area contributed by atoms with Crippen molar-refractivity contribution >= 4 is 32.6 Å². The van der Waals surface area contributed by atoms with Crippen LogP contribution >= 0.6 is 11.3 Å². The maximum Gasteiger partial charge on any atom is 0.188 e. The van der Waals surface area contributed by atoms with E-state index in [2.05, 4.69) is 33.9 Å². The second-order valence-corrected chi connectivity index (χ2v) is 7.56. The second kappa shape index (κ2) is 6.92. The summed E-state index contributed by atoms with van der Waals surface area (Å²) >= 11 is 1.66. The summed E-state index contributed by atoms with van der Waals surface area (Å²) in [4.78, 5) is 24.1. The first-order chi connectivity index (χ1) is 12.2. The van der Waals surface area contributed by atoms with Crippen LogP contribution in [-0.4, -0.2) is 28.3 Å². The number of ketones is 1. The lowest BCUT2D eigenvalue weighted by molar-refractivity contribution is -0.120. The summed E-state index contributed by atoms with van der Waals surface area (Å²) in [6.45, 7) is 2.99. The fourth-order valence-corrected chi connectivity index (χ4v) is 4.54. The van der Waals surface area contributed by atoms with Gasteiger partial charge in [-0.2, -0.15) is 4.98 Å². The van der Waals surface area contributed by atoms with Gasteiger partial charge in [-0.05, 0) is 43.4 Å². The van der Waals surface area contributed by atoms with Gasteiger partial charge in [0.2, 0.25) is 0 Å². The summed E-state index contributed by atoms with van der Waals surface area (Å²) in [6.07, 6.45) is 5.17. The van der Waals surface area contributed by atoms with Crippen molar-refractivity contribution in [3.8, 4) is 0 Å². The Labute approximate surface area is 151 Å². The summed E-state index contributed by atoms with van der Waals surface area (Å²) in [5.74, 6) is 0.324. The van der Waals surface area contributed by atoms with Gasteiger partial charge >= 0.3 is 0 Å². The van der Waals surface area contributed by atoms with Crippen LogP contribution in [0.1, 0.15) is 30.4 Å². The molecule has 1 fully saturated rings. The number of carbonyl (C=O) groups excluding carboxylic acids is 1. The normalized spacial score (nSPS) is 17.3. The Morgan fingerprint density at radius 3 is 2.92 bits per heavy atom. The molecule has 0 saturated carbocycles. The number of carbonyl (C=O) groups is 1. The molecule has 4 rings (SSSR count). The van der Waals surface area contributed by atoms with Gasteiger partial charge < -0.3 is 4.90 Å². The van der Waals surface area contributed by atoms with Crippen molar-refractivity contribution in [3.05, 3.63) is 53.7 Å². The zero-order valence-electron chi connectivity index (χ0n) is 14.3. The van der Waals surface area contributed by atoms with Crippen molar-refractivity contribution in [2.75, 3.05) is 11.4 Å². The number of nitrogens with zero attached hydrogens (tertiary/aromatic N) is 3. The number of benzene rings is 1. The fourth-order valence-electron chi connectivity index (χ4n) is 3.47. The second-order valence-electron chi connectivity index (χ2n) is 6.58. The van der Waals surface area contributed by atoms with Crippen molar-refractivity contribution in [1.82, 2.24) is 9.97 Å². The van der Waals surface area contributed by atoms with E-state index in [0.717, 1.165) is 41.3 Å². The van der Waals surface area contributed by atoms with Crippen LogP contribution in [0.4, 0.5) is 5.13 Å². The summed E-state index contributed by atoms with van der Waals surface area (Å²) in [7, 11) is 0. The number of thiazole rings is 1. The van der Waals surface area contributed by atoms with Gasteiger partial charge in [0.1, 0.15) is 0 Å². The van der Waals surface area contributed by atoms with Gasteiger partial charge in [0, 0.05) is 19.2 Å². The number of anilines is 1. The number of hydrogen-bond donors (Lipinski definition) is 0. The molecule has 25 heavy (non-hydrogen) atoms. The van der Waals surface area contributed by atoms with E-state index in [-0.39, 0.29) is 6.04 Å². The minimum atomic E-state index is -0.0374. The molecular weight excluding hydrogens is 330 g/mol. The van der Waals surface area contributed by atoms with Crippen LogP contribution in [0.2, 0.25) is 0 Å². The molecule has 3 heterocycles. The average molecular weight is 351 g/mol. The Balaban J connectivity index is 1.51. The van der Waals surface area contributed by atoms with Crippen LogP contribution in [0.3, 0.4) is 0 Å². The molecule has 1 aliphatic heterocycles. The van der Waals surface area contributed by atoms with E-state index in [1.54, 1.807) is 17.5 Å².